The Bertz CT molecular complexity index is 1350. The molecule has 6 N–H and O–H groups in total. The van der Waals surface area contributed by atoms with Gasteiger partial charge < -0.3 is 60.1 Å². The fourth-order valence-corrected chi connectivity index (χ4v) is 7.32. The van der Waals surface area contributed by atoms with E-state index >= 15 is 0 Å². The molecule has 2 heterocycles. The van der Waals surface area contributed by atoms with Gasteiger partial charge in [-0.2, -0.15) is 24.9 Å². The first-order chi connectivity index (χ1) is 26.4. The Balaban J connectivity index is 1.08. The molecule has 0 aromatic heterocycles. The molecule has 16 nitrogen and oxygen atoms in total. The van der Waals surface area contributed by atoms with Crippen molar-refractivity contribution in [3.8, 4) is 5.75 Å². The molecule has 2 aliphatic heterocycles. The third kappa shape index (κ3) is 17.0. The number of halogens is 3. The Morgan fingerprint density at radius 2 is 1.60 bits per heavy atom. The van der Waals surface area contributed by atoms with E-state index in [2.05, 4.69) is 31.3 Å². The maximum absolute atomic E-state index is 13.2. The molecule has 1 unspecified atom stereocenters. The minimum atomic E-state index is -4.63. The van der Waals surface area contributed by atoms with Gasteiger partial charge in [-0.05, 0) is 37.3 Å². The average molecular weight is 810 g/mol. The molecular weight excluding hydrogens is 755 g/mol. The summed E-state index contributed by atoms with van der Waals surface area (Å²) in [6.07, 6.45) is -4.87. The number of aliphatic hydroxyl groups excluding tert-OH is 1. The highest BCUT2D eigenvalue weighted by atomic mass is 32.2. The Morgan fingerprint density at radius 3 is 2.25 bits per heavy atom. The molecule has 5 atom stereocenters. The van der Waals surface area contributed by atoms with Crippen molar-refractivity contribution in [2.75, 3.05) is 79.2 Å². The number of alkyl halides is 3. The zero-order valence-corrected chi connectivity index (χ0v) is 32.0. The van der Waals surface area contributed by atoms with Gasteiger partial charge in [-0.15, -0.1) is 0 Å². The summed E-state index contributed by atoms with van der Waals surface area (Å²) in [5.41, 5.74) is 0.110. The number of benzene rings is 1. The number of thioether (sulfide) groups is 1. The number of hydrogen-bond acceptors (Lipinski definition) is 12. The lowest BCUT2D eigenvalue weighted by atomic mass is 10.0. The van der Waals surface area contributed by atoms with Crippen LogP contribution in [0.15, 0.2) is 18.2 Å². The van der Waals surface area contributed by atoms with Gasteiger partial charge in [-0.3, -0.25) is 9.59 Å². The highest BCUT2D eigenvalue weighted by Gasteiger charge is 2.43. The zero-order valence-electron chi connectivity index (χ0n) is 31.2. The number of rotatable bonds is 27. The van der Waals surface area contributed by atoms with Crippen LogP contribution < -0.4 is 31.3 Å². The van der Waals surface area contributed by atoms with Crippen LogP contribution in [0, 0.1) is 0 Å². The Kier molecular flexibility index (Phi) is 20.7. The van der Waals surface area contributed by atoms with E-state index in [1.54, 1.807) is 0 Å². The van der Waals surface area contributed by atoms with Crippen LogP contribution in [0.2, 0.25) is 0 Å². The van der Waals surface area contributed by atoms with Crippen LogP contribution in [0.5, 0.6) is 5.75 Å². The number of carbonyl (C=O) groups is 4. The predicted octanol–water partition coefficient (Wildman–Crippen LogP) is 2.32. The predicted molar refractivity (Wildman–Crippen MR) is 195 cm³/mol. The van der Waals surface area contributed by atoms with Crippen LogP contribution in [-0.2, 0) is 39.9 Å². The Hall–Kier alpha value is -3.56. The number of fused-ring (bicyclic) bond motifs is 1. The second kappa shape index (κ2) is 24.8. The number of methoxy groups -OCH3 is 2. The first kappa shape index (κ1) is 45.8. The number of alkyl carbamates (subject to hydrolysis) is 1. The van der Waals surface area contributed by atoms with Crippen LogP contribution in [0.25, 0.3) is 0 Å². The quantitative estimate of drug-likeness (QED) is 0.0560. The van der Waals surface area contributed by atoms with E-state index in [9.17, 15) is 37.5 Å². The van der Waals surface area contributed by atoms with Crippen LogP contribution >= 0.6 is 11.8 Å². The molecule has 1 aromatic rings. The van der Waals surface area contributed by atoms with Crippen molar-refractivity contribution in [2.24, 2.45) is 0 Å². The van der Waals surface area contributed by atoms with Gasteiger partial charge in [0, 0.05) is 56.4 Å². The average Bonchev–Trinajstić information content (AvgIpc) is 3.71. The maximum Gasteiger partial charge on any atom is 0.418 e. The monoisotopic (exact) mass is 809 g/mol. The van der Waals surface area contributed by atoms with E-state index in [1.165, 1.54) is 19.2 Å². The topological polar surface area (TPSA) is 204 Å². The summed E-state index contributed by atoms with van der Waals surface area (Å²) >= 11 is 1.88. The molecule has 2 saturated heterocycles. The molecule has 0 radical (unpaired) electrons. The number of amides is 5. The lowest BCUT2D eigenvalue weighted by molar-refractivity contribution is -0.216. The van der Waals surface area contributed by atoms with Crippen molar-refractivity contribution < 1.29 is 65.9 Å². The third-order valence-electron chi connectivity index (χ3n) is 8.62. The molecule has 2 aliphatic rings. The van der Waals surface area contributed by atoms with Crippen molar-refractivity contribution in [2.45, 2.75) is 80.8 Å². The van der Waals surface area contributed by atoms with E-state index in [1.807, 2.05) is 11.8 Å². The van der Waals surface area contributed by atoms with Gasteiger partial charge in [0.1, 0.15) is 18.5 Å². The summed E-state index contributed by atoms with van der Waals surface area (Å²) in [4.78, 5) is 47.7. The largest absolute Gasteiger partial charge is 0.496 e. The summed E-state index contributed by atoms with van der Waals surface area (Å²) in [5, 5.41) is 24.1. The lowest BCUT2D eigenvalue weighted by Crippen LogP contribution is -2.43. The fraction of sp³-hybridized carbons (Fsp3) is 0.714. The number of aliphatic hydroxyl groups is 1. The highest BCUT2D eigenvalue weighted by Crippen LogP contribution is 2.37. The smallest absolute Gasteiger partial charge is 0.418 e. The van der Waals surface area contributed by atoms with Gasteiger partial charge in [0.05, 0.1) is 52.2 Å². The van der Waals surface area contributed by atoms with Gasteiger partial charge >= 0.3 is 18.3 Å². The molecule has 1 aromatic carbocycles. The van der Waals surface area contributed by atoms with Gasteiger partial charge in [-0.1, -0.05) is 18.6 Å². The molecular formula is C35H54F3N5O11S. The van der Waals surface area contributed by atoms with Crippen LogP contribution in [0.1, 0.15) is 55.8 Å². The second-order valence-electron chi connectivity index (χ2n) is 12.8. The van der Waals surface area contributed by atoms with E-state index in [0.29, 0.717) is 76.3 Å². The molecule has 5 amide bonds. The summed E-state index contributed by atoms with van der Waals surface area (Å²) in [6.45, 7) is 2.37. The minimum Gasteiger partial charge on any atom is -0.496 e. The molecule has 0 spiro atoms. The van der Waals surface area contributed by atoms with Crippen molar-refractivity contribution in [3.63, 3.8) is 0 Å². The van der Waals surface area contributed by atoms with Gasteiger partial charge in [0.2, 0.25) is 5.91 Å². The standard InChI is InChI=1S/C35H54F3N5O11S/c1-49-27-19-23(31(50-2)35(36,37)38)9-10-24(27)21-54-34(48)41-20-26(44)32(46)40-12-6-14-52-16-18-53-17-15-51-13-5-11-39-29(45)8-4-3-7-28-30-25(22-55-28)42-33(47)43-30/h9-10,19,25-26,28,30-31,44H,3-8,11-18,20-22H2,1-2H3,(H,39,45)(H,40,46)(H,41,48)(H2,42,43,47)/t25-,26-,28-,30-,31?/m0/s1. The van der Waals surface area contributed by atoms with Crippen molar-refractivity contribution in [1.29, 1.82) is 0 Å². The van der Waals surface area contributed by atoms with Gasteiger partial charge in [0.25, 0.3) is 5.91 Å². The molecule has 0 aliphatic carbocycles. The molecule has 3 rings (SSSR count). The number of unbranched alkanes of at least 4 members (excludes halogenated alkanes) is 1. The highest BCUT2D eigenvalue weighted by molar-refractivity contribution is 8.00. The van der Waals surface area contributed by atoms with Crippen LogP contribution in [0.3, 0.4) is 0 Å². The summed E-state index contributed by atoms with van der Waals surface area (Å²) in [5.74, 6) is 0.320. The SMILES string of the molecule is COc1cc(C(OC)C(F)(F)F)ccc1COC(=O)NC[C@H](O)C(=O)NCCCOCCOCCOCCCNC(=O)CCCC[C@@H]1SC[C@@H]2NC(=O)N[C@@H]21. The molecule has 312 valence electrons. The number of carbonyl (C=O) groups excluding carboxylic acids is 4. The van der Waals surface area contributed by atoms with Crippen LogP contribution in [0.4, 0.5) is 22.8 Å². The first-order valence-electron chi connectivity index (χ1n) is 18.2. The maximum atomic E-state index is 13.2. The molecule has 0 saturated carbocycles. The summed E-state index contributed by atoms with van der Waals surface area (Å²) in [6, 6.07) is 3.98. The zero-order chi connectivity index (χ0) is 40.1. The number of hydrogen-bond donors (Lipinski definition) is 6. The lowest BCUT2D eigenvalue weighted by Gasteiger charge is -2.20. The number of ether oxygens (including phenoxy) is 6. The van der Waals surface area contributed by atoms with Crippen LogP contribution in [-0.4, -0.2) is 138 Å². The molecule has 2 fully saturated rings. The van der Waals surface area contributed by atoms with Gasteiger partial charge in [-0.25, -0.2) is 9.59 Å². The molecule has 20 heteroatoms. The minimum absolute atomic E-state index is 0.0328. The number of nitrogens with one attached hydrogen (secondary N) is 5. The van der Waals surface area contributed by atoms with E-state index < -0.39 is 36.9 Å². The Labute approximate surface area is 322 Å². The van der Waals surface area contributed by atoms with E-state index in [0.717, 1.165) is 38.2 Å². The van der Waals surface area contributed by atoms with Crippen molar-refractivity contribution >= 4 is 35.7 Å². The molecule has 0 bridgehead atoms. The third-order valence-corrected chi connectivity index (χ3v) is 10.1. The van der Waals surface area contributed by atoms with Crippen molar-refractivity contribution in [1.82, 2.24) is 26.6 Å². The fourth-order valence-electron chi connectivity index (χ4n) is 5.78. The Morgan fingerprint density at radius 1 is 0.927 bits per heavy atom. The normalized spacial score (nSPS) is 18.8. The molecule has 55 heavy (non-hydrogen) atoms. The van der Waals surface area contributed by atoms with E-state index in [-0.39, 0.29) is 48.5 Å². The first-order valence-corrected chi connectivity index (χ1v) is 19.3. The summed E-state index contributed by atoms with van der Waals surface area (Å²) in [7, 11) is 2.20. The number of urea groups is 1. The van der Waals surface area contributed by atoms with Crippen molar-refractivity contribution in [3.05, 3.63) is 29.3 Å². The second-order valence-corrected chi connectivity index (χ2v) is 14.0. The summed E-state index contributed by atoms with van der Waals surface area (Å²) < 4.78 is 70.7. The van der Waals surface area contributed by atoms with E-state index in [4.69, 9.17) is 23.7 Å². The van der Waals surface area contributed by atoms with Gasteiger partial charge in [0.15, 0.2) is 6.10 Å².